The van der Waals surface area contributed by atoms with Gasteiger partial charge in [-0.05, 0) is 51.4 Å². The fourth-order valence-electron chi connectivity index (χ4n) is 5.45. The van der Waals surface area contributed by atoms with E-state index in [0.717, 1.165) is 64.2 Å². The summed E-state index contributed by atoms with van der Waals surface area (Å²) in [4.78, 5) is 22.6. The van der Waals surface area contributed by atoms with Gasteiger partial charge in [0.2, 0.25) is 5.91 Å². The van der Waals surface area contributed by atoms with Crippen molar-refractivity contribution in [2.24, 2.45) is 5.73 Å². The molecule has 0 heterocycles. The zero-order chi connectivity index (χ0) is 35.4. The Morgan fingerprint density at radius 3 is 1.67 bits per heavy atom. The number of unbranched alkanes of at least 4 members (excludes halogenated alkanes) is 20. The number of amides is 1. The fourth-order valence-corrected chi connectivity index (χ4v) is 6.21. The highest BCUT2D eigenvalue weighted by atomic mass is 31.2. The Kier molecular flexibility index (Phi) is 34.6. The lowest BCUT2D eigenvalue weighted by Gasteiger charge is -2.23. The Morgan fingerprint density at radius 2 is 1.15 bits per heavy atom. The maximum atomic E-state index is 12.7. The van der Waals surface area contributed by atoms with Gasteiger partial charge in [-0.15, -0.1) is 0 Å². The van der Waals surface area contributed by atoms with Crippen LogP contribution in [0.1, 0.15) is 174 Å². The third-order valence-electron chi connectivity index (χ3n) is 8.46. The molecule has 0 aliphatic heterocycles. The van der Waals surface area contributed by atoms with Crippen LogP contribution in [0.5, 0.6) is 0 Å². The quantitative estimate of drug-likeness (QED) is 0.0291. The molecule has 5 N–H and O–H groups in total. The molecule has 0 aromatic heterocycles. The number of nitrogens with one attached hydrogen (secondary N) is 1. The van der Waals surface area contributed by atoms with Crippen LogP contribution in [0.3, 0.4) is 0 Å². The molecule has 0 bridgehead atoms. The lowest BCUT2D eigenvalue weighted by molar-refractivity contribution is -0.123. The van der Waals surface area contributed by atoms with Crippen molar-refractivity contribution in [3.63, 3.8) is 0 Å². The predicted molar refractivity (Wildman–Crippen MR) is 203 cm³/mol. The number of hydrogen-bond donors (Lipinski definition) is 4. The van der Waals surface area contributed by atoms with E-state index in [1.807, 2.05) is 6.08 Å². The zero-order valence-corrected chi connectivity index (χ0v) is 31.9. The number of phosphoric acid groups is 1. The third-order valence-corrected chi connectivity index (χ3v) is 9.44. The molecule has 0 aliphatic carbocycles. The molecule has 8 nitrogen and oxygen atoms in total. The minimum absolute atomic E-state index is 0.0755. The predicted octanol–water partition coefficient (Wildman–Crippen LogP) is 10.4. The second-order valence-corrected chi connectivity index (χ2v) is 14.6. The number of allylic oxidation sites excluding steroid dienone is 5. The Morgan fingerprint density at radius 1 is 0.688 bits per heavy atom. The van der Waals surface area contributed by atoms with Crippen molar-refractivity contribution in [1.82, 2.24) is 5.32 Å². The van der Waals surface area contributed by atoms with Crippen LogP contribution in [0.25, 0.3) is 0 Å². The molecule has 282 valence electrons. The molecule has 0 rings (SSSR count). The summed E-state index contributed by atoms with van der Waals surface area (Å²) in [6.45, 7) is 4.09. The number of aliphatic hydroxyl groups is 1. The molecule has 0 saturated heterocycles. The molecule has 0 aromatic carbocycles. The van der Waals surface area contributed by atoms with Crippen molar-refractivity contribution < 1.29 is 28.4 Å². The molecule has 1 amide bonds. The van der Waals surface area contributed by atoms with Gasteiger partial charge in [0.15, 0.2) is 0 Å². The van der Waals surface area contributed by atoms with E-state index in [2.05, 4.69) is 43.5 Å². The Labute approximate surface area is 295 Å². The molecular weight excluding hydrogens is 623 g/mol. The van der Waals surface area contributed by atoms with Crippen LogP contribution in [0.4, 0.5) is 0 Å². The number of carbonyl (C=O) groups excluding carboxylic acids is 1. The van der Waals surface area contributed by atoms with Crippen LogP contribution in [0.15, 0.2) is 36.5 Å². The first-order valence-corrected chi connectivity index (χ1v) is 21.1. The summed E-state index contributed by atoms with van der Waals surface area (Å²) in [5.74, 6) is -0.210. The molecule has 0 radical (unpaired) electrons. The second-order valence-electron chi connectivity index (χ2n) is 13.1. The van der Waals surface area contributed by atoms with Gasteiger partial charge in [0.25, 0.3) is 0 Å². The van der Waals surface area contributed by atoms with Crippen molar-refractivity contribution in [1.29, 1.82) is 0 Å². The maximum Gasteiger partial charge on any atom is 0.472 e. The Balaban J connectivity index is 4.33. The molecule has 0 aliphatic rings. The van der Waals surface area contributed by atoms with Crippen LogP contribution < -0.4 is 11.1 Å². The molecule has 0 fully saturated rings. The van der Waals surface area contributed by atoms with E-state index in [1.165, 1.54) is 89.9 Å². The molecule has 3 unspecified atom stereocenters. The molecule has 48 heavy (non-hydrogen) atoms. The van der Waals surface area contributed by atoms with Gasteiger partial charge in [0.05, 0.1) is 25.4 Å². The molecule has 3 atom stereocenters. The number of rotatable bonds is 36. The van der Waals surface area contributed by atoms with Gasteiger partial charge >= 0.3 is 7.82 Å². The van der Waals surface area contributed by atoms with Crippen LogP contribution in [-0.2, 0) is 18.4 Å². The first-order valence-electron chi connectivity index (χ1n) is 19.6. The standard InChI is InChI=1S/C39H75N2O6P/c1-3-5-7-9-11-13-15-17-18-19-21-23-25-27-29-31-33-39(43)41-37(36-47-48(44,45)46-35-34-40)38(42)32-30-28-26-24-22-20-16-14-12-10-8-6-4-2/h13,15,18-19,30,32,37-38,42H,3-12,14,16-17,20-29,31,33-36,40H2,1-2H3,(H,41,43)(H,44,45)/b15-13-,19-18-,32-30+. The van der Waals surface area contributed by atoms with Crippen molar-refractivity contribution in [2.45, 2.75) is 187 Å². The van der Waals surface area contributed by atoms with Crippen LogP contribution in [-0.4, -0.2) is 47.8 Å². The summed E-state index contributed by atoms with van der Waals surface area (Å²) in [5, 5.41) is 13.6. The highest BCUT2D eigenvalue weighted by molar-refractivity contribution is 7.47. The summed E-state index contributed by atoms with van der Waals surface area (Å²) < 4.78 is 22.0. The molecule has 0 spiro atoms. The van der Waals surface area contributed by atoms with E-state index in [9.17, 15) is 19.4 Å². The molecular formula is C39H75N2O6P. The van der Waals surface area contributed by atoms with Crippen molar-refractivity contribution in [3.05, 3.63) is 36.5 Å². The summed E-state index contributed by atoms with van der Waals surface area (Å²) in [7, 11) is -4.34. The lowest BCUT2D eigenvalue weighted by Crippen LogP contribution is -2.45. The highest BCUT2D eigenvalue weighted by Crippen LogP contribution is 2.43. The number of phosphoric ester groups is 1. The third kappa shape index (κ3) is 33.2. The van der Waals surface area contributed by atoms with Crippen molar-refractivity contribution >= 4 is 13.7 Å². The van der Waals surface area contributed by atoms with Crippen LogP contribution in [0, 0.1) is 0 Å². The lowest BCUT2D eigenvalue weighted by atomic mass is 10.0. The SMILES string of the molecule is CCCCCC/C=C\C/C=C\CCCCCCCC(=O)NC(COP(=O)(O)OCCN)C(O)/C=C/CCCCCCCCCCCCC. The van der Waals surface area contributed by atoms with Gasteiger partial charge in [-0.25, -0.2) is 4.57 Å². The minimum atomic E-state index is -4.34. The van der Waals surface area contributed by atoms with E-state index < -0.39 is 20.0 Å². The number of aliphatic hydroxyl groups excluding tert-OH is 1. The number of nitrogens with two attached hydrogens (primary N) is 1. The highest BCUT2D eigenvalue weighted by Gasteiger charge is 2.26. The zero-order valence-electron chi connectivity index (χ0n) is 31.0. The molecule has 0 saturated carbocycles. The van der Waals surface area contributed by atoms with Crippen molar-refractivity contribution in [3.8, 4) is 0 Å². The van der Waals surface area contributed by atoms with Gasteiger partial charge in [0, 0.05) is 13.0 Å². The number of carbonyl (C=O) groups is 1. The average molecular weight is 699 g/mol. The first-order chi connectivity index (χ1) is 23.4. The van der Waals surface area contributed by atoms with Gasteiger partial charge in [0.1, 0.15) is 0 Å². The first kappa shape index (κ1) is 46.7. The summed E-state index contributed by atoms with van der Waals surface area (Å²) >= 11 is 0. The molecule has 0 aromatic rings. The monoisotopic (exact) mass is 699 g/mol. The van der Waals surface area contributed by atoms with E-state index in [1.54, 1.807) is 6.08 Å². The largest absolute Gasteiger partial charge is 0.472 e. The average Bonchev–Trinajstić information content (AvgIpc) is 3.07. The van der Waals surface area contributed by atoms with Gasteiger partial charge in [-0.3, -0.25) is 13.8 Å². The summed E-state index contributed by atoms with van der Waals surface area (Å²) in [6.07, 6.45) is 40.4. The van der Waals surface area contributed by atoms with Gasteiger partial charge < -0.3 is 21.1 Å². The van der Waals surface area contributed by atoms with Gasteiger partial charge in [-0.2, -0.15) is 0 Å². The van der Waals surface area contributed by atoms with E-state index in [-0.39, 0.29) is 25.7 Å². The Hall–Kier alpha value is -1.28. The normalized spacial score (nSPS) is 14.7. The minimum Gasteiger partial charge on any atom is -0.387 e. The summed E-state index contributed by atoms with van der Waals surface area (Å²) in [6, 6.07) is -0.865. The molecule has 9 heteroatoms. The second kappa shape index (κ2) is 35.5. The Bertz CT molecular complexity index is 850. The van der Waals surface area contributed by atoms with Crippen molar-refractivity contribution in [2.75, 3.05) is 19.8 Å². The van der Waals surface area contributed by atoms with Gasteiger partial charge in [-0.1, -0.05) is 153 Å². The summed E-state index contributed by atoms with van der Waals surface area (Å²) in [5.41, 5.74) is 5.35. The topological polar surface area (TPSA) is 131 Å². The van der Waals surface area contributed by atoms with Crippen LogP contribution in [0.2, 0.25) is 0 Å². The maximum absolute atomic E-state index is 12.7. The number of hydrogen-bond acceptors (Lipinski definition) is 6. The van der Waals surface area contributed by atoms with E-state index >= 15 is 0 Å². The smallest absolute Gasteiger partial charge is 0.387 e. The fraction of sp³-hybridized carbons (Fsp3) is 0.821. The van der Waals surface area contributed by atoms with Crippen LogP contribution >= 0.6 is 7.82 Å². The van der Waals surface area contributed by atoms with E-state index in [0.29, 0.717) is 6.42 Å². The van der Waals surface area contributed by atoms with E-state index in [4.69, 9.17) is 14.8 Å².